The maximum absolute atomic E-state index is 11.4. The van der Waals surface area contributed by atoms with Gasteiger partial charge in [0.2, 0.25) is 0 Å². The molecule has 1 rings (SSSR count). The van der Waals surface area contributed by atoms with Crippen LogP contribution in [0.25, 0.3) is 0 Å². The Hall–Kier alpha value is -0.830. The average Bonchev–Trinajstić information content (AvgIpc) is 2.56. The first-order chi connectivity index (χ1) is 5.47. The van der Waals surface area contributed by atoms with E-state index in [1.54, 1.807) is 12.3 Å². The Kier molecular flexibility index (Phi) is 2.24. The van der Waals surface area contributed by atoms with Gasteiger partial charge in [-0.15, -0.1) is 0 Å². The summed E-state index contributed by atoms with van der Waals surface area (Å²) in [5.41, 5.74) is -0.549. The predicted molar refractivity (Wildman–Crippen MR) is 46.8 cm³/mol. The van der Waals surface area contributed by atoms with E-state index < -0.39 is 5.60 Å². The lowest BCUT2D eigenvalue weighted by molar-refractivity contribution is -0.118. The van der Waals surface area contributed by atoms with Gasteiger partial charge in [-0.05, 0) is 13.8 Å². The third kappa shape index (κ3) is 1.67. The van der Waals surface area contributed by atoms with Gasteiger partial charge >= 0.3 is 0 Å². The van der Waals surface area contributed by atoms with Crippen molar-refractivity contribution in [3.63, 3.8) is 0 Å². The van der Waals surface area contributed by atoms with Gasteiger partial charge in [0.15, 0.2) is 11.4 Å². The van der Waals surface area contributed by atoms with Crippen LogP contribution < -0.4 is 0 Å². The van der Waals surface area contributed by atoms with Gasteiger partial charge in [0, 0.05) is 26.4 Å². The molecule has 0 N–H and O–H groups in total. The lowest BCUT2D eigenvalue weighted by Gasteiger charge is -2.04. The largest absolute Gasteiger partial charge is 0.383 e. The summed E-state index contributed by atoms with van der Waals surface area (Å²) in [6.45, 7) is 3.72. The number of carbonyl (C=O) groups is 1. The van der Waals surface area contributed by atoms with Crippen molar-refractivity contribution in [3.8, 4) is 0 Å². The van der Waals surface area contributed by atoms with Gasteiger partial charge in [0.05, 0.1) is 6.10 Å². The number of ether oxygens (including phenoxy) is 1. The topological polar surface area (TPSA) is 32.8 Å². The van der Waals surface area contributed by atoms with E-state index in [0.717, 1.165) is 0 Å². The average molecular weight is 169 g/mol. The normalized spacial score (nSPS) is 33.8. The molecule has 12 heavy (non-hydrogen) atoms. The minimum Gasteiger partial charge on any atom is -0.383 e. The highest BCUT2D eigenvalue weighted by Gasteiger charge is 2.54. The molecule has 2 atom stereocenters. The van der Waals surface area contributed by atoms with Crippen LogP contribution in [-0.2, 0) is 9.53 Å². The van der Waals surface area contributed by atoms with Crippen LogP contribution in [0.15, 0.2) is 12.3 Å². The number of hydrogen-bond donors (Lipinski definition) is 0. The maximum Gasteiger partial charge on any atom is 0.191 e. The number of epoxide rings is 1. The zero-order valence-corrected chi connectivity index (χ0v) is 8.00. The van der Waals surface area contributed by atoms with Crippen LogP contribution in [0.2, 0.25) is 0 Å². The van der Waals surface area contributed by atoms with E-state index in [1.165, 1.54) is 0 Å². The summed E-state index contributed by atoms with van der Waals surface area (Å²) >= 11 is 0. The molecule has 0 amide bonds. The van der Waals surface area contributed by atoms with Gasteiger partial charge in [-0.1, -0.05) is 0 Å². The van der Waals surface area contributed by atoms with Crippen LogP contribution in [0.3, 0.4) is 0 Å². The lowest BCUT2D eigenvalue weighted by atomic mass is 10.0. The molecule has 68 valence electrons. The van der Waals surface area contributed by atoms with E-state index in [-0.39, 0.29) is 11.9 Å². The monoisotopic (exact) mass is 169 g/mol. The highest BCUT2D eigenvalue weighted by molar-refractivity contribution is 5.99. The Morgan fingerprint density at radius 2 is 2.08 bits per heavy atom. The molecule has 0 spiro atoms. The molecule has 0 aromatic carbocycles. The van der Waals surface area contributed by atoms with Gasteiger partial charge in [-0.3, -0.25) is 4.79 Å². The number of nitrogens with zero attached hydrogens (tertiary/aromatic N) is 1. The fourth-order valence-electron chi connectivity index (χ4n) is 0.974. The first kappa shape index (κ1) is 9.26. The van der Waals surface area contributed by atoms with E-state index >= 15 is 0 Å². The number of carbonyl (C=O) groups excluding carboxylic acids is 1. The van der Waals surface area contributed by atoms with Crippen LogP contribution >= 0.6 is 0 Å². The van der Waals surface area contributed by atoms with E-state index in [9.17, 15) is 4.79 Å². The van der Waals surface area contributed by atoms with Crippen molar-refractivity contribution in [1.82, 2.24) is 4.90 Å². The zero-order valence-electron chi connectivity index (χ0n) is 8.00. The molecule has 1 fully saturated rings. The quantitative estimate of drug-likeness (QED) is 0.463. The van der Waals surface area contributed by atoms with Crippen molar-refractivity contribution in [3.05, 3.63) is 12.3 Å². The first-order valence-electron chi connectivity index (χ1n) is 4.03. The summed E-state index contributed by atoms with van der Waals surface area (Å²) in [6, 6.07) is 0. The summed E-state index contributed by atoms with van der Waals surface area (Å²) in [5, 5.41) is 0. The standard InChI is InChI=1S/C9H15NO2/c1-7-9(2,12-7)8(11)5-6-10(3)4/h5-7H,1-4H3/b6-5+/t7-,9-/m0/s1. The van der Waals surface area contributed by atoms with Gasteiger partial charge in [-0.2, -0.15) is 0 Å². The molecule has 1 heterocycles. The van der Waals surface area contributed by atoms with Crippen molar-refractivity contribution < 1.29 is 9.53 Å². The minimum atomic E-state index is -0.549. The van der Waals surface area contributed by atoms with Gasteiger partial charge < -0.3 is 9.64 Å². The minimum absolute atomic E-state index is 0.0451. The third-order valence-corrected chi connectivity index (χ3v) is 2.15. The van der Waals surface area contributed by atoms with Crippen LogP contribution in [0, 0.1) is 0 Å². The molecule has 0 aliphatic carbocycles. The number of rotatable bonds is 3. The number of ketones is 1. The summed E-state index contributed by atoms with van der Waals surface area (Å²) < 4.78 is 5.18. The van der Waals surface area contributed by atoms with E-state index in [0.29, 0.717) is 0 Å². The Balaban J connectivity index is 2.50. The van der Waals surface area contributed by atoms with E-state index in [1.807, 2.05) is 32.8 Å². The molecule has 0 bridgehead atoms. The lowest BCUT2D eigenvalue weighted by Crippen LogP contribution is -2.21. The second kappa shape index (κ2) is 2.90. The van der Waals surface area contributed by atoms with Crippen molar-refractivity contribution in [2.24, 2.45) is 0 Å². The first-order valence-corrected chi connectivity index (χ1v) is 4.03. The second-order valence-corrected chi connectivity index (χ2v) is 3.51. The summed E-state index contributed by atoms with van der Waals surface area (Å²) in [5.74, 6) is 0.0451. The Bertz CT molecular complexity index is 223. The van der Waals surface area contributed by atoms with Crippen molar-refractivity contribution in [2.75, 3.05) is 14.1 Å². The molecule has 0 aromatic heterocycles. The van der Waals surface area contributed by atoms with Crippen molar-refractivity contribution in [1.29, 1.82) is 0 Å². The van der Waals surface area contributed by atoms with Gasteiger partial charge in [0.25, 0.3) is 0 Å². The molecular weight excluding hydrogens is 154 g/mol. The highest BCUT2D eigenvalue weighted by Crippen LogP contribution is 2.36. The fraction of sp³-hybridized carbons (Fsp3) is 0.667. The molecule has 0 saturated carbocycles. The molecule has 1 saturated heterocycles. The highest BCUT2D eigenvalue weighted by atomic mass is 16.6. The Morgan fingerprint density at radius 3 is 2.42 bits per heavy atom. The summed E-state index contributed by atoms with van der Waals surface area (Å²) in [6.07, 6.45) is 3.36. The maximum atomic E-state index is 11.4. The van der Waals surface area contributed by atoms with E-state index in [4.69, 9.17) is 4.74 Å². The van der Waals surface area contributed by atoms with Gasteiger partial charge in [-0.25, -0.2) is 0 Å². The summed E-state index contributed by atoms with van der Waals surface area (Å²) in [4.78, 5) is 13.2. The predicted octanol–water partition coefficient (Wildman–Crippen LogP) is 0.808. The molecule has 1 aliphatic heterocycles. The fourth-order valence-corrected chi connectivity index (χ4v) is 0.974. The van der Waals surface area contributed by atoms with Crippen LogP contribution in [0.5, 0.6) is 0 Å². The second-order valence-electron chi connectivity index (χ2n) is 3.51. The Morgan fingerprint density at radius 1 is 1.58 bits per heavy atom. The van der Waals surface area contributed by atoms with E-state index in [2.05, 4.69) is 0 Å². The van der Waals surface area contributed by atoms with Crippen molar-refractivity contribution >= 4 is 5.78 Å². The molecule has 0 unspecified atom stereocenters. The van der Waals surface area contributed by atoms with Crippen LogP contribution in [-0.4, -0.2) is 36.5 Å². The third-order valence-electron chi connectivity index (χ3n) is 2.15. The molecular formula is C9H15NO2. The van der Waals surface area contributed by atoms with Crippen LogP contribution in [0.1, 0.15) is 13.8 Å². The van der Waals surface area contributed by atoms with Crippen LogP contribution in [0.4, 0.5) is 0 Å². The Labute approximate surface area is 73.0 Å². The smallest absolute Gasteiger partial charge is 0.191 e. The van der Waals surface area contributed by atoms with Crippen molar-refractivity contribution in [2.45, 2.75) is 25.6 Å². The molecule has 1 aliphatic rings. The SMILES string of the molecule is C[C@@H]1O[C@]1(C)C(=O)/C=C/N(C)C. The van der Waals surface area contributed by atoms with Gasteiger partial charge in [0.1, 0.15) is 0 Å². The molecule has 3 nitrogen and oxygen atoms in total. The number of hydrogen-bond acceptors (Lipinski definition) is 3. The molecule has 0 radical (unpaired) electrons. The summed E-state index contributed by atoms with van der Waals surface area (Å²) in [7, 11) is 3.76. The zero-order chi connectivity index (χ0) is 9.35. The molecule has 0 aromatic rings. The molecule has 3 heteroatoms.